The summed E-state index contributed by atoms with van der Waals surface area (Å²) < 4.78 is 2.03. The van der Waals surface area contributed by atoms with Gasteiger partial charge in [0.2, 0.25) is 0 Å². The Bertz CT molecular complexity index is 863. The Kier molecular flexibility index (Phi) is 3.12. The Balaban J connectivity index is 1.66. The minimum atomic E-state index is 0.660. The molecule has 3 aromatic rings. The molecule has 108 valence electrons. The zero-order chi connectivity index (χ0) is 14.8. The molecule has 22 heavy (non-hydrogen) atoms. The standard InChI is InChI=1S/C16H14N6/c1-2-12(8-17-4-1)9-20-15-16-21-11-14(13-3-5-18-10-13)22(16)7-6-19-15/h1-4,6-8,10-11H,5,9H2,(H,19,20). The first-order chi connectivity index (χ1) is 10.9. The molecule has 0 spiro atoms. The zero-order valence-corrected chi connectivity index (χ0v) is 11.8. The maximum atomic E-state index is 4.50. The van der Waals surface area contributed by atoms with Gasteiger partial charge in [0.15, 0.2) is 11.5 Å². The van der Waals surface area contributed by atoms with Crippen LogP contribution in [0.3, 0.4) is 0 Å². The van der Waals surface area contributed by atoms with Crippen molar-refractivity contribution in [2.75, 3.05) is 11.9 Å². The maximum absolute atomic E-state index is 4.50. The third-order valence-corrected chi connectivity index (χ3v) is 3.55. The first-order valence-electron chi connectivity index (χ1n) is 7.07. The second kappa shape index (κ2) is 5.40. The molecule has 0 atom stereocenters. The summed E-state index contributed by atoms with van der Waals surface area (Å²) in [5.74, 6) is 0.758. The molecule has 0 aliphatic carbocycles. The van der Waals surface area contributed by atoms with Crippen molar-refractivity contribution in [3.63, 3.8) is 0 Å². The van der Waals surface area contributed by atoms with Crippen LogP contribution >= 0.6 is 0 Å². The molecule has 1 aliphatic heterocycles. The lowest BCUT2D eigenvalue weighted by atomic mass is 10.2. The molecular formula is C16H14N6. The Hall–Kier alpha value is -3.02. The van der Waals surface area contributed by atoms with Crippen LogP contribution in [0.25, 0.3) is 11.2 Å². The minimum Gasteiger partial charge on any atom is -0.363 e. The van der Waals surface area contributed by atoms with Crippen LogP contribution in [-0.4, -0.2) is 32.1 Å². The van der Waals surface area contributed by atoms with Crippen molar-refractivity contribution in [2.24, 2.45) is 4.99 Å². The summed E-state index contributed by atoms with van der Waals surface area (Å²) in [7, 11) is 0. The predicted molar refractivity (Wildman–Crippen MR) is 85.9 cm³/mol. The first kappa shape index (κ1) is 12.7. The summed E-state index contributed by atoms with van der Waals surface area (Å²) in [5.41, 5.74) is 4.03. The fourth-order valence-corrected chi connectivity index (χ4v) is 2.47. The summed E-state index contributed by atoms with van der Waals surface area (Å²) in [6, 6.07) is 3.95. The Morgan fingerprint density at radius 3 is 3.00 bits per heavy atom. The van der Waals surface area contributed by atoms with Gasteiger partial charge in [0.05, 0.1) is 18.4 Å². The molecule has 1 N–H and O–H groups in total. The third kappa shape index (κ3) is 2.24. The van der Waals surface area contributed by atoms with Crippen molar-refractivity contribution < 1.29 is 0 Å². The predicted octanol–water partition coefficient (Wildman–Crippen LogP) is 2.20. The second-order valence-electron chi connectivity index (χ2n) is 4.98. The number of nitrogens with one attached hydrogen (secondary N) is 1. The highest BCUT2D eigenvalue weighted by Crippen LogP contribution is 2.21. The van der Waals surface area contributed by atoms with Crippen molar-refractivity contribution in [3.8, 4) is 0 Å². The van der Waals surface area contributed by atoms with E-state index in [0.29, 0.717) is 6.54 Å². The molecule has 6 nitrogen and oxygen atoms in total. The molecule has 0 saturated carbocycles. The maximum Gasteiger partial charge on any atom is 0.180 e. The molecule has 4 rings (SSSR count). The quantitative estimate of drug-likeness (QED) is 0.800. The van der Waals surface area contributed by atoms with Crippen LogP contribution in [0.4, 0.5) is 5.82 Å². The molecule has 6 heteroatoms. The van der Waals surface area contributed by atoms with Gasteiger partial charge < -0.3 is 5.32 Å². The molecule has 0 fully saturated rings. The average molecular weight is 290 g/mol. The summed E-state index contributed by atoms with van der Waals surface area (Å²) in [4.78, 5) is 17.2. The van der Waals surface area contributed by atoms with Crippen molar-refractivity contribution in [2.45, 2.75) is 6.54 Å². The molecule has 4 heterocycles. The minimum absolute atomic E-state index is 0.660. The van der Waals surface area contributed by atoms with Crippen LogP contribution in [0.5, 0.6) is 0 Å². The summed E-state index contributed by atoms with van der Waals surface area (Å²) in [6.07, 6.45) is 13.1. The number of nitrogens with zero attached hydrogens (tertiary/aromatic N) is 5. The van der Waals surface area contributed by atoms with Crippen molar-refractivity contribution in [1.29, 1.82) is 0 Å². The van der Waals surface area contributed by atoms with Crippen LogP contribution in [0.2, 0.25) is 0 Å². The molecule has 0 unspecified atom stereocenters. The van der Waals surface area contributed by atoms with E-state index in [1.807, 2.05) is 41.3 Å². The summed E-state index contributed by atoms with van der Waals surface area (Å²) in [5, 5.41) is 3.32. The Morgan fingerprint density at radius 2 is 2.18 bits per heavy atom. The van der Waals surface area contributed by atoms with Gasteiger partial charge in [-0.3, -0.25) is 14.4 Å². The number of anilines is 1. The number of aromatic nitrogens is 4. The lowest BCUT2D eigenvalue weighted by molar-refractivity contribution is 1.05. The SMILES string of the molecule is C1=NCC=C1c1cnc2c(NCc3cccnc3)nccn12. The van der Waals surface area contributed by atoms with E-state index in [1.54, 1.807) is 12.4 Å². The van der Waals surface area contributed by atoms with Gasteiger partial charge in [-0.25, -0.2) is 9.97 Å². The van der Waals surface area contributed by atoms with Gasteiger partial charge in [-0.05, 0) is 11.6 Å². The lowest BCUT2D eigenvalue weighted by Gasteiger charge is -2.07. The van der Waals surface area contributed by atoms with Gasteiger partial charge in [-0.1, -0.05) is 12.1 Å². The van der Waals surface area contributed by atoms with Gasteiger partial charge >= 0.3 is 0 Å². The number of allylic oxidation sites excluding steroid dienone is 1. The van der Waals surface area contributed by atoms with E-state index in [1.165, 1.54) is 0 Å². The van der Waals surface area contributed by atoms with E-state index < -0.39 is 0 Å². The van der Waals surface area contributed by atoms with Crippen molar-refractivity contribution >= 4 is 23.3 Å². The number of pyridine rings is 1. The van der Waals surface area contributed by atoms with Gasteiger partial charge in [-0.2, -0.15) is 0 Å². The fraction of sp³-hybridized carbons (Fsp3) is 0.125. The number of fused-ring (bicyclic) bond motifs is 1. The molecule has 0 amide bonds. The lowest BCUT2D eigenvalue weighted by Crippen LogP contribution is -2.04. The van der Waals surface area contributed by atoms with Crippen LogP contribution in [0.15, 0.2) is 54.2 Å². The zero-order valence-electron chi connectivity index (χ0n) is 11.8. The van der Waals surface area contributed by atoms with E-state index in [4.69, 9.17) is 0 Å². The molecule has 0 radical (unpaired) electrons. The highest BCUT2D eigenvalue weighted by atomic mass is 15.1. The first-order valence-corrected chi connectivity index (χ1v) is 7.07. The monoisotopic (exact) mass is 290 g/mol. The van der Waals surface area contributed by atoms with E-state index >= 15 is 0 Å². The highest BCUT2D eigenvalue weighted by Gasteiger charge is 2.12. The molecule has 0 bridgehead atoms. The molecule has 0 saturated heterocycles. The number of imidazole rings is 1. The highest BCUT2D eigenvalue weighted by molar-refractivity contribution is 6.11. The molecule has 1 aliphatic rings. The Morgan fingerprint density at radius 1 is 1.18 bits per heavy atom. The van der Waals surface area contributed by atoms with E-state index in [9.17, 15) is 0 Å². The van der Waals surface area contributed by atoms with Gasteiger partial charge in [0, 0.05) is 43.1 Å². The second-order valence-corrected chi connectivity index (χ2v) is 4.98. The van der Waals surface area contributed by atoms with Crippen LogP contribution in [0, 0.1) is 0 Å². The van der Waals surface area contributed by atoms with Gasteiger partial charge in [0.25, 0.3) is 0 Å². The Labute approximate surface area is 127 Å². The number of aliphatic imine (C=N–C) groups is 1. The average Bonchev–Trinajstić information content (AvgIpc) is 3.22. The smallest absolute Gasteiger partial charge is 0.180 e. The van der Waals surface area contributed by atoms with Crippen molar-refractivity contribution in [1.82, 2.24) is 19.4 Å². The van der Waals surface area contributed by atoms with Gasteiger partial charge in [-0.15, -0.1) is 0 Å². The summed E-state index contributed by atoms with van der Waals surface area (Å²) in [6.45, 7) is 1.40. The third-order valence-electron chi connectivity index (χ3n) is 3.55. The number of rotatable bonds is 4. The number of hydrogen-bond donors (Lipinski definition) is 1. The topological polar surface area (TPSA) is 67.5 Å². The fourth-order valence-electron chi connectivity index (χ4n) is 2.47. The summed E-state index contributed by atoms with van der Waals surface area (Å²) >= 11 is 0. The molecule has 0 aromatic carbocycles. The van der Waals surface area contributed by atoms with Crippen LogP contribution in [-0.2, 0) is 6.54 Å². The molecule has 3 aromatic heterocycles. The normalized spacial score (nSPS) is 13.5. The van der Waals surface area contributed by atoms with Crippen LogP contribution < -0.4 is 5.32 Å². The van der Waals surface area contributed by atoms with Crippen LogP contribution in [0.1, 0.15) is 11.3 Å². The van der Waals surface area contributed by atoms with E-state index in [-0.39, 0.29) is 0 Å². The molecular weight excluding hydrogens is 276 g/mol. The largest absolute Gasteiger partial charge is 0.363 e. The van der Waals surface area contributed by atoms with E-state index in [2.05, 4.69) is 31.3 Å². The van der Waals surface area contributed by atoms with Crippen molar-refractivity contribution in [3.05, 3.63) is 60.5 Å². The van der Waals surface area contributed by atoms with Gasteiger partial charge in [0.1, 0.15) is 0 Å². The van der Waals surface area contributed by atoms with E-state index in [0.717, 1.165) is 34.8 Å². The number of hydrogen-bond acceptors (Lipinski definition) is 5.